The first kappa shape index (κ1) is 19.4. The number of hydrogen-bond donors (Lipinski definition) is 0. The molecule has 0 aliphatic heterocycles. The Morgan fingerprint density at radius 2 is 0.733 bits per heavy atom. The molecule has 30 heavy (non-hydrogen) atoms. The zero-order valence-corrected chi connectivity index (χ0v) is 17.0. The van der Waals surface area contributed by atoms with Crippen LogP contribution in [0.4, 0.5) is 0 Å². The van der Waals surface area contributed by atoms with Gasteiger partial charge in [-0.1, -0.05) is 0 Å². The predicted molar refractivity (Wildman–Crippen MR) is 114 cm³/mol. The topological polar surface area (TPSA) is 66.4 Å². The van der Waals surface area contributed by atoms with Crippen molar-refractivity contribution in [3.63, 3.8) is 0 Å². The Balaban J connectivity index is 1.64. The van der Waals surface area contributed by atoms with Crippen molar-refractivity contribution in [3.05, 3.63) is 90.3 Å². The Hall–Kier alpha value is -3.93. The van der Waals surface area contributed by atoms with Gasteiger partial charge in [-0.25, -0.2) is 0 Å². The maximum Gasteiger partial charge on any atom is 0.145 e. The molecule has 0 spiro atoms. The second-order valence-electron chi connectivity index (χ2n) is 6.85. The molecule has 0 unspecified atom stereocenters. The van der Waals surface area contributed by atoms with Crippen LogP contribution in [0.25, 0.3) is 0 Å². The summed E-state index contributed by atoms with van der Waals surface area (Å²) in [5.74, 6) is 3.56. The van der Waals surface area contributed by atoms with Crippen LogP contribution in [-0.4, -0.2) is 15.0 Å². The van der Waals surface area contributed by atoms with Gasteiger partial charge in [-0.3, -0.25) is 15.0 Å². The van der Waals surface area contributed by atoms with Crippen LogP contribution in [0, 0.1) is 20.8 Å². The Bertz CT molecular complexity index is 967. The van der Waals surface area contributed by atoms with Crippen LogP contribution in [0.5, 0.6) is 34.5 Å². The summed E-state index contributed by atoms with van der Waals surface area (Å²) in [7, 11) is 0. The fraction of sp³-hybridized carbons (Fsp3) is 0.125. The summed E-state index contributed by atoms with van der Waals surface area (Å²) < 4.78 is 17.9. The second-order valence-corrected chi connectivity index (χ2v) is 6.85. The monoisotopic (exact) mass is 399 g/mol. The maximum atomic E-state index is 5.97. The highest BCUT2D eigenvalue weighted by atomic mass is 16.5. The summed E-state index contributed by atoms with van der Waals surface area (Å²) in [5, 5.41) is 0. The molecule has 150 valence electrons. The van der Waals surface area contributed by atoms with Crippen LogP contribution in [0.2, 0.25) is 0 Å². The summed E-state index contributed by atoms with van der Waals surface area (Å²) in [6.45, 7) is 5.78. The minimum Gasteiger partial charge on any atom is -0.455 e. The number of aromatic nitrogens is 3. The molecule has 0 bridgehead atoms. The van der Waals surface area contributed by atoms with Gasteiger partial charge in [-0.2, -0.15) is 0 Å². The number of ether oxygens (including phenoxy) is 3. The minimum atomic E-state index is 0.563. The van der Waals surface area contributed by atoms with E-state index in [0.29, 0.717) is 34.5 Å². The van der Waals surface area contributed by atoms with Crippen molar-refractivity contribution < 1.29 is 14.2 Å². The molecule has 0 aliphatic rings. The Kier molecular flexibility index (Phi) is 5.57. The smallest absolute Gasteiger partial charge is 0.145 e. The molecule has 3 aromatic heterocycles. The Labute approximate surface area is 175 Å². The third kappa shape index (κ3) is 5.11. The molecular formula is C24H21N3O3. The molecule has 4 rings (SSSR count). The van der Waals surface area contributed by atoms with Crippen LogP contribution >= 0.6 is 0 Å². The van der Waals surface area contributed by atoms with Crippen LogP contribution < -0.4 is 14.2 Å². The fourth-order valence-electron chi connectivity index (χ4n) is 2.67. The van der Waals surface area contributed by atoms with E-state index in [9.17, 15) is 0 Å². The number of rotatable bonds is 6. The average Bonchev–Trinajstić information content (AvgIpc) is 2.73. The van der Waals surface area contributed by atoms with Gasteiger partial charge in [0.25, 0.3) is 0 Å². The number of hydrogen-bond acceptors (Lipinski definition) is 6. The summed E-state index contributed by atoms with van der Waals surface area (Å²) >= 11 is 0. The van der Waals surface area contributed by atoms with Gasteiger partial charge in [0.15, 0.2) is 0 Å². The highest BCUT2D eigenvalue weighted by Crippen LogP contribution is 2.35. The SMILES string of the molecule is Cc1ccc(Oc2cc(Oc3ccc(C)nc3)cc(Oc3ccc(C)nc3)c2)cn1. The molecule has 0 atom stereocenters. The van der Waals surface area contributed by atoms with Gasteiger partial charge in [-0.15, -0.1) is 0 Å². The standard InChI is InChI=1S/C24H21N3O3/c1-16-4-7-19(13-25-16)28-22-10-23(29-20-8-5-17(2)26-14-20)12-24(11-22)30-21-9-6-18(3)27-15-21/h4-15H,1-3H3. The molecule has 1 aromatic carbocycles. The molecule has 0 saturated heterocycles. The van der Waals surface area contributed by atoms with E-state index < -0.39 is 0 Å². The normalized spacial score (nSPS) is 10.5. The van der Waals surface area contributed by atoms with Crippen molar-refractivity contribution in [2.75, 3.05) is 0 Å². The molecule has 0 radical (unpaired) electrons. The van der Waals surface area contributed by atoms with E-state index in [-0.39, 0.29) is 0 Å². The quantitative estimate of drug-likeness (QED) is 0.386. The Morgan fingerprint density at radius 1 is 0.433 bits per heavy atom. The van der Waals surface area contributed by atoms with Crippen molar-refractivity contribution in [2.45, 2.75) is 20.8 Å². The van der Waals surface area contributed by atoms with E-state index in [4.69, 9.17) is 14.2 Å². The zero-order valence-electron chi connectivity index (χ0n) is 17.0. The number of benzene rings is 1. The van der Waals surface area contributed by atoms with Crippen molar-refractivity contribution in [3.8, 4) is 34.5 Å². The Morgan fingerprint density at radius 3 is 0.967 bits per heavy atom. The number of pyridine rings is 3. The molecule has 4 aromatic rings. The van der Waals surface area contributed by atoms with Gasteiger partial charge in [0, 0.05) is 35.3 Å². The van der Waals surface area contributed by atoms with E-state index in [1.54, 1.807) is 36.8 Å². The summed E-state index contributed by atoms with van der Waals surface area (Å²) in [6, 6.07) is 16.6. The van der Waals surface area contributed by atoms with E-state index in [1.807, 2.05) is 57.2 Å². The third-order valence-electron chi connectivity index (χ3n) is 4.21. The van der Waals surface area contributed by atoms with Gasteiger partial charge < -0.3 is 14.2 Å². The van der Waals surface area contributed by atoms with Crippen LogP contribution in [-0.2, 0) is 0 Å². The van der Waals surface area contributed by atoms with Crippen LogP contribution in [0.1, 0.15) is 17.1 Å². The lowest BCUT2D eigenvalue weighted by Gasteiger charge is -2.13. The van der Waals surface area contributed by atoms with Crippen LogP contribution in [0.3, 0.4) is 0 Å². The van der Waals surface area contributed by atoms with Gasteiger partial charge in [0.05, 0.1) is 18.6 Å². The van der Waals surface area contributed by atoms with E-state index in [1.165, 1.54) is 0 Å². The number of nitrogens with zero attached hydrogens (tertiary/aromatic N) is 3. The largest absolute Gasteiger partial charge is 0.455 e. The molecule has 0 saturated carbocycles. The lowest BCUT2D eigenvalue weighted by molar-refractivity contribution is 0.437. The highest BCUT2D eigenvalue weighted by Gasteiger charge is 2.09. The van der Waals surface area contributed by atoms with Crippen molar-refractivity contribution in [2.24, 2.45) is 0 Å². The van der Waals surface area contributed by atoms with E-state index in [0.717, 1.165) is 17.1 Å². The fourth-order valence-corrected chi connectivity index (χ4v) is 2.67. The maximum absolute atomic E-state index is 5.97. The molecule has 0 fully saturated rings. The van der Waals surface area contributed by atoms with Gasteiger partial charge in [0.2, 0.25) is 0 Å². The van der Waals surface area contributed by atoms with Crippen molar-refractivity contribution >= 4 is 0 Å². The first-order chi connectivity index (χ1) is 14.5. The van der Waals surface area contributed by atoms with Gasteiger partial charge in [0.1, 0.15) is 34.5 Å². The summed E-state index contributed by atoms with van der Waals surface area (Å²) in [5.41, 5.74) is 2.76. The molecule has 0 amide bonds. The van der Waals surface area contributed by atoms with Crippen LogP contribution in [0.15, 0.2) is 73.2 Å². The molecule has 0 aliphatic carbocycles. The molecule has 6 nitrogen and oxygen atoms in total. The third-order valence-corrected chi connectivity index (χ3v) is 4.21. The second kappa shape index (κ2) is 8.61. The highest BCUT2D eigenvalue weighted by molar-refractivity contribution is 5.46. The lowest BCUT2D eigenvalue weighted by Crippen LogP contribution is -1.92. The van der Waals surface area contributed by atoms with Gasteiger partial charge in [-0.05, 0) is 57.2 Å². The lowest BCUT2D eigenvalue weighted by atomic mass is 10.3. The van der Waals surface area contributed by atoms with E-state index in [2.05, 4.69) is 15.0 Å². The molecule has 3 heterocycles. The molecule has 6 heteroatoms. The van der Waals surface area contributed by atoms with Crippen molar-refractivity contribution in [1.82, 2.24) is 15.0 Å². The summed E-state index contributed by atoms with van der Waals surface area (Å²) in [6.07, 6.45) is 5.03. The molecular weight excluding hydrogens is 378 g/mol. The minimum absolute atomic E-state index is 0.563. The van der Waals surface area contributed by atoms with Crippen molar-refractivity contribution in [1.29, 1.82) is 0 Å². The predicted octanol–water partition coefficient (Wildman–Crippen LogP) is 6.17. The van der Waals surface area contributed by atoms with E-state index >= 15 is 0 Å². The molecule has 0 N–H and O–H groups in total. The summed E-state index contributed by atoms with van der Waals surface area (Å²) in [4.78, 5) is 12.8. The first-order valence-corrected chi connectivity index (χ1v) is 9.50. The average molecular weight is 399 g/mol. The number of aryl methyl sites for hydroxylation is 3. The van der Waals surface area contributed by atoms with Gasteiger partial charge >= 0.3 is 0 Å². The zero-order chi connectivity index (χ0) is 20.9. The first-order valence-electron chi connectivity index (χ1n) is 9.50.